The second-order valence-electron chi connectivity index (χ2n) is 5.53. The number of aromatic nitrogens is 2. The predicted molar refractivity (Wildman–Crippen MR) is 92.6 cm³/mol. The number of rotatable bonds is 8. The number of alkyl halides is 3. The molecule has 9 heteroatoms. The third-order valence-corrected chi connectivity index (χ3v) is 3.41. The van der Waals surface area contributed by atoms with Crippen LogP contribution < -0.4 is 10.3 Å². The number of amides is 1. The second-order valence-corrected chi connectivity index (χ2v) is 5.53. The van der Waals surface area contributed by atoms with Crippen molar-refractivity contribution in [2.24, 2.45) is 0 Å². The van der Waals surface area contributed by atoms with Crippen LogP contribution in [0.4, 0.5) is 13.2 Å². The number of nitrogens with zero attached hydrogens (tertiary/aromatic N) is 3. The third kappa shape index (κ3) is 6.28. The van der Waals surface area contributed by atoms with Gasteiger partial charge in [0, 0.05) is 12.6 Å². The highest BCUT2D eigenvalue weighted by molar-refractivity contribution is 5.92. The molecule has 2 rings (SSSR count). The minimum absolute atomic E-state index is 0.0373. The van der Waals surface area contributed by atoms with Gasteiger partial charge in [0.1, 0.15) is 24.6 Å². The molecule has 0 aliphatic rings. The smallest absolute Gasteiger partial charge is 0.406 e. The molecule has 27 heavy (non-hydrogen) atoms. The molecule has 0 radical (unpaired) electrons. The lowest BCUT2D eigenvalue weighted by Crippen LogP contribution is -2.40. The van der Waals surface area contributed by atoms with Crippen molar-refractivity contribution in [3.05, 3.63) is 71.2 Å². The SMILES string of the molecule is C=CCN(CC(F)(F)F)C(=O)c1ccc(=O)n(CCOc2ccccc2)n1. The normalized spacial score (nSPS) is 11.1. The molecule has 0 fully saturated rings. The van der Waals surface area contributed by atoms with Crippen LogP contribution in [0.2, 0.25) is 0 Å². The first-order valence-corrected chi connectivity index (χ1v) is 8.03. The molecule has 1 aromatic carbocycles. The van der Waals surface area contributed by atoms with Crippen LogP contribution in [-0.2, 0) is 6.54 Å². The van der Waals surface area contributed by atoms with Crippen LogP contribution in [-0.4, -0.2) is 46.5 Å². The number of ether oxygens (including phenoxy) is 1. The maximum Gasteiger partial charge on any atom is 0.406 e. The Labute approximate surface area is 153 Å². The molecule has 1 amide bonds. The highest BCUT2D eigenvalue weighted by atomic mass is 19.4. The van der Waals surface area contributed by atoms with Gasteiger partial charge < -0.3 is 9.64 Å². The summed E-state index contributed by atoms with van der Waals surface area (Å²) in [4.78, 5) is 24.8. The monoisotopic (exact) mass is 381 g/mol. The van der Waals surface area contributed by atoms with Crippen LogP contribution in [0.25, 0.3) is 0 Å². The minimum atomic E-state index is -4.56. The van der Waals surface area contributed by atoms with Gasteiger partial charge in [-0.25, -0.2) is 4.68 Å². The molecule has 6 nitrogen and oxygen atoms in total. The summed E-state index contributed by atoms with van der Waals surface area (Å²) in [5, 5.41) is 3.87. The second kappa shape index (κ2) is 9.02. The summed E-state index contributed by atoms with van der Waals surface area (Å²) in [6.07, 6.45) is -3.37. The molecule has 0 aliphatic carbocycles. The number of carbonyl (C=O) groups excluding carboxylic acids is 1. The highest BCUT2D eigenvalue weighted by Gasteiger charge is 2.33. The summed E-state index contributed by atoms with van der Waals surface area (Å²) in [7, 11) is 0. The number of para-hydroxylation sites is 1. The van der Waals surface area contributed by atoms with E-state index in [1.54, 1.807) is 24.3 Å². The van der Waals surface area contributed by atoms with Gasteiger partial charge in [0.25, 0.3) is 11.5 Å². The van der Waals surface area contributed by atoms with Crippen LogP contribution in [0, 0.1) is 0 Å². The van der Waals surface area contributed by atoms with Crippen molar-refractivity contribution in [2.75, 3.05) is 19.7 Å². The van der Waals surface area contributed by atoms with E-state index in [1.165, 1.54) is 6.08 Å². The molecule has 0 spiro atoms. The highest BCUT2D eigenvalue weighted by Crippen LogP contribution is 2.17. The fraction of sp³-hybridized carbons (Fsp3) is 0.278. The molecule has 2 aromatic rings. The molecule has 1 heterocycles. The first-order chi connectivity index (χ1) is 12.8. The molecule has 0 saturated heterocycles. The quantitative estimate of drug-likeness (QED) is 0.659. The molecule has 0 saturated carbocycles. The lowest BCUT2D eigenvalue weighted by atomic mass is 10.3. The van der Waals surface area contributed by atoms with Gasteiger partial charge >= 0.3 is 6.18 Å². The number of benzene rings is 1. The fourth-order valence-electron chi connectivity index (χ4n) is 2.24. The van der Waals surface area contributed by atoms with Gasteiger partial charge in [0.05, 0.1) is 6.54 Å². The van der Waals surface area contributed by atoms with Gasteiger partial charge in [-0.05, 0) is 18.2 Å². The summed E-state index contributed by atoms with van der Waals surface area (Å²) in [5.74, 6) is -0.343. The Hall–Kier alpha value is -3.10. The average molecular weight is 381 g/mol. The van der Waals surface area contributed by atoms with Crippen LogP contribution in [0.3, 0.4) is 0 Å². The average Bonchev–Trinajstić information content (AvgIpc) is 2.62. The summed E-state index contributed by atoms with van der Waals surface area (Å²) in [6, 6.07) is 11.1. The number of carbonyl (C=O) groups is 1. The zero-order valence-electron chi connectivity index (χ0n) is 14.4. The van der Waals surface area contributed by atoms with Crippen molar-refractivity contribution in [3.63, 3.8) is 0 Å². The lowest BCUT2D eigenvalue weighted by molar-refractivity contribution is -0.139. The fourth-order valence-corrected chi connectivity index (χ4v) is 2.24. The molecule has 0 bridgehead atoms. The zero-order valence-corrected chi connectivity index (χ0v) is 14.4. The Bertz CT molecular complexity index is 835. The third-order valence-electron chi connectivity index (χ3n) is 3.41. The Morgan fingerprint density at radius 1 is 1.22 bits per heavy atom. The topological polar surface area (TPSA) is 64.4 Å². The van der Waals surface area contributed by atoms with Gasteiger partial charge in [-0.1, -0.05) is 24.3 Å². The first kappa shape index (κ1) is 20.2. The van der Waals surface area contributed by atoms with Crippen molar-refractivity contribution in [1.29, 1.82) is 0 Å². The van der Waals surface area contributed by atoms with E-state index in [0.29, 0.717) is 10.6 Å². The molecule has 1 aromatic heterocycles. The summed E-state index contributed by atoms with van der Waals surface area (Å²) < 4.78 is 44.4. The molecular weight excluding hydrogens is 363 g/mol. The van der Waals surface area contributed by atoms with Gasteiger partial charge in [0.15, 0.2) is 0 Å². The Balaban J connectivity index is 2.11. The van der Waals surface area contributed by atoms with Crippen LogP contribution in [0.5, 0.6) is 5.75 Å². The van der Waals surface area contributed by atoms with Gasteiger partial charge in [-0.3, -0.25) is 9.59 Å². The van der Waals surface area contributed by atoms with Crippen LogP contribution in [0.15, 0.2) is 59.9 Å². The molecule has 144 valence electrons. The van der Waals surface area contributed by atoms with E-state index in [2.05, 4.69) is 11.7 Å². The summed E-state index contributed by atoms with van der Waals surface area (Å²) >= 11 is 0. The summed E-state index contributed by atoms with van der Waals surface area (Å²) in [5.41, 5.74) is -0.755. The van der Waals surface area contributed by atoms with Crippen molar-refractivity contribution in [1.82, 2.24) is 14.7 Å². The standard InChI is InChI=1S/C18H18F3N3O3/c1-2-10-23(13-18(19,20)21)17(26)15-8-9-16(25)24(22-15)11-12-27-14-6-4-3-5-7-14/h2-9H,1,10-13H2. The van der Waals surface area contributed by atoms with Crippen molar-refractivity contribution in [3.8, 4) is 5.75 Å². The Morgan fingerprint density at radius 3 is 2.56 bits per heavy atom. The maximum atomic E-state index is 12.7. The number of hydrogen-bond acceptors (Lipinski definition) is 4. The number of hydrogen-bond donors (Lipinski definition) is 0. The van der Waals surface area contributed by atoms with Gasteiger partial charge in [0.2, 0.25) is 0 Å². The van der Waals surface area contributed by atoms with E-state index in [9.17, 15) is 22.8 Å². The van der Waals surface area contributed by atoms with E-state index in [-0.39, 0.29) is 25.4 Å². The van der Waals surface area contributed by atoms with Gasteiger partial charge in [-0.15, -0.1) is 6.58 Å². The van der Waals surface area contributed by atoms with E-state index in [4.69, 9.17) is 4.74 Å². The zero-order chi connectivity index (χ0) is 19.9. The first-order valence-electron chi connectivity index (χ1n) is 8.03. The Kier molecular flexibility index (Phi) is 6.75. The molecule has 0 unspecified atom stereocenters. The van der Waals surface area contributed by atoms with Crippen molar-refractivity contribution < 1.29 is 22.7 Å². The largest absolute Gasteiger partial charge is 0.492 e. The van der Waals surface area contributed by atoms with Gasteiger partial charge in [-0.2, -0.15) is 18.3 Å². The van der Waals surface area contributed by atoms with Crippen LogP contribution >= 0.6 is 0 Å². The summed E-state index contributed by atoms with van der Waals surface area (Å²) in [6.45, 7) is 1.77. The molecule has 0 aliphatic heterocycles. The lowest BCUT2D eigenvalue weighted by Gasteiger charge is -2.22. The Morgan fingerprint density at radius 2 is 1.93 bits per heavy atom. The molecule has 0 N–H and O–H groups in total. The van der Waals surface area contributed by atoms with E-state index in [1.807, 2.05) is 6.07 Å². The predicted octanol–water partition coefficient (Wildman–Crippen LogP) is 2.51. The van der Waals surface area contributed by atoms with Crippen LogP contribution in [0.1, 0.15) is 10.5 Å². The van der Waals surface area contributed by atoms with E-state index in [0.717, 1.165) is 16.8 Å². The number of halogens is 3. The van der Waals surface area contributed by atoms with E-state index < -0.39 is 24.2 Å². The maximum absolute atomic E-state index is 12.7. The molecular formula is C18H18F3N3O3. The van der Waals surface area contributed by atoms with Crippen molar-refractivity contribution >= 4 is 5.91 Å². The molecule has 0 atom stereocenters. The van der Waals surface area contributed by atoms with E-state index >= 15 is 0 Å². The minimum Gasteiger partial charge on any atom is -0.492 e. The van der Waals surface area contributed by atoms with Crippen molar-refractivity contribution in [2.45, 2.75) is 12.7 Å².